The molecule has 0 amide bonds. The molecule has 3 unspecified atom stereocenters. The molecule has 1 fully saturated rings. The van der Waals surface area contributed by atoms with Gasteiger partial charge in [-0.05, 0) is 18.3 Å². The highest BCUT2D eigenvalue weighted by Crippen LogP contribution is 2.32. The maximum Gasteiger partial charge on any atom is 0.0585 e. The van der Waals surface area contributed by atoms with E-state index in [4.69, 9.17) is 10.8 Å². The Morgan fingerprint density at radius 1 is 1.60 bits per heavy atom. The summed E-state index contributed by atoms with van der Waals surface area (Å²) in [5.74, 6) is 1.30. The summed E-state index contributed by atoms with van der Waals surface area (Å²) in [6, 6.07) is 0.0255. The largest absolute Gasteiger partial charge is 0.395 e. The van der Waals surface area contributed by atoms with Gasteiger partial charge in [-0.15, -0.1) is 0 Å². The Morgan fingerprint density at radius 3 is 2.70 bits per heavy atom. The number of rotatable bonds is 2. The lowest BCUT2D eigenvalue weighted by Crippen LogP contribution is -2.34. The van der Waals surface area contributed by atoms with Gasteiger partial charge in [0.05, 0.1) is 6.61 Å². The molecule has 2 nitrogen and oxygen atoms in total. The second-order valence-corrected chi connectivity index (χ2v) is 3.42. The van der Waals surface area contributed by atoms with Gasteiger partial charge < -0.3 is 10.8 Å². The SMILES string of the molecule is CC1CCCC1C(N)CO. The maximum absolute atomic E-state index is 8.79. The molecule has 60 valence electrons. The van der Waals surface area contributed by atoms with Crippen LogP contribution >= 0.6 is 0 Å². The first-order valence-electron chi connectivity index (χ1n) is 4.12. The van der Waals surface area contributed by atoms with Crippen LogP contribution in [0.3, 0.4) is 0 Å². The Hall–Kier alpha value is -0.0800. The van der Waals surface area contributed by atoms with Crippen LogP contribution in [0.2, 0.25) is 0 Å². The maximum atomic E-state index is 8.79. The molecule has 1 saturated carbocycles. The molecule has 1 rings (SSSR count). The van der Waals surface area contributed by atoms with E-state index in [1.807, 2.05) is 0 Å². The molecule has 0 aromatic carbocycles. The molecular weight excluding hydrogens is 126 g/mol. The lowest BCUT2D eigenvalue weighted by molar-refractivity contribution is 0.207. The zero-order valence-electron chi connectivity index (χ0n) is 6.59. The van der Waals surface area contributed by atoms with Crippen molar-refractivity contribution in [2.75, 3.05) is 6.61 Å². The first-order valence-corrected chi connectivity index (χ1v) is 4.12. The third-order valence-corrected chi connectivity index (χ3v) is 2.69. The normalized spacial score (nSPS) is 36.3. The molecule has 0 bridgehead atoms. The summed E-state index contributed by atoms with van der Waals surface area (Å²) in [5.41, 5.74) is 5.72. The van der Waals surface area contributed by atoms with Gasteiger partial charge in [0.2, 0.25) is 0 Å². The molecule has 3 atom stereocenters. The van der Waals surface area contributed by atoms with Gasteiger partial charge in [0.1, 0.15) is 0 Å². The van der Waals surface area contributed by atoms with Crippen LogP contribution in [0.15, 0.2) is 0 Å². The molecule has 1 aliphatic carbocycles. The summed E-state index contributed by atoms with van der Waals surface area (Å²) in [6.07, 6.45) is 3.79. The Morgan fingerprint density at radius 2 is 2.30 bits per heavy atom. The van der Waals surface area contributed by atoms with Crippen molar-refractivity contribution in [2.45, 2.75) is 32.2 Å². The molecule has 2 heteroatoms. The Bertz CT molecular complexity index is 105. The fourth-order valence-electron chi connectivity index (χ4n) is 1.95. The molecule has 0 spiro atoms. The highest BCUT2D eigenvalue weighted by Gasteiger charge is 2.27. The van der Waals surface area contributed by atoms with Crippen LogP contribution in [0, 0.1) is 11.8 Å². The number of hydrogen-bond donors (Lipinski definition) is 2. The van der Waals surface area contributed by atoms with Gasteiger partial charge >= 0.3 is 0 Å². The van der Waals surface area contributed by atoms with Crippen molar-refractivity contribution < 1.29 is 5.11 Å². The van der Waals surface area contributed by atoms with Crippen LogP contribution < -0.4 is 5.73 Å². The zero-order valence-corrected chi connectivity index (χ0v) is 6.59. The highest BCUT2D eigenvalue weighted by molar-refractivity contribution is 4.81. The van der Waals surface area contributed by atoms with Gasteiger partial charge in [-0.25, -0.2) is 0 Å². The van der Waals surface area contributed by atoms with Crippen molar-refractivity contribution in [3.8, 4) is 0 Å². The van der Waals surface area contributed by atoms with Crippen LogP contribution in [0.1, 0.15) is 26.2 Å². The van der Waals surface area contributed by atoms with Crippen molar-refractivity contribution in [1.29, 1.82) is 0 Å². The quantitative estimate of drug-likeness (QED) is 0.599. The van der Waals surface area contributed by atoms with E-state index in [1.165, 1.54) is 19.3 Å². The third-order valence-electron chi connectivity index (χ3n) is 2.69. The van der Waals surface area contributed by atoms with Crippen LogP contribution in [0.4, 0.5) is 0 Å². The Labute approximate surface area is 62.4 Å². The molecule has 0 aromatic rings. The first-order chi connectivity index (χ1) is 4.75. The first kappa shape index (κ1) is 8.02. The molecule has 0 aliphatic heterocycles. The van der Waals surface area contributed by atoms with Gasteiger partial charge in [-0.2, -0.15) is 0 Å². The van der Waals surface area contributed by atoms with E-state index in [9.17, 15) is 0 Å². The average molecular weight is 143 g/mol. The molecule has 0 saturated heterocycles. The summed E-state index contributed by atoms with van der Waals surface area (Å²) >= 11 is 0. The van der Waals surface area contributed by atoms with Crippen molar-refractivity contribution in [3.63, 3.8) is 0 Å². The van der Waals surface area contributed by atoms with Crippen LogP contribution in [-0.4, -0.2) is 17.8 Å². The predicted molar refractivity (Wildman–Crippen MR) is 41.6 cm³/mol. The fourth-order valence-corrected chi connectivity index (χ4v) is 1.95. The lowest BCUT2D eigenvalue weighted by atomic mass is 9.91. The van der Waals surface area contributed by atoms with Gasteiger partial charge in [0, 0.05) is 6.04 Å². The van der Waals surface area contributed by atoms with Crippen molar-refractivity contribution >= 4 is 0 Å². The highest BCUT2D eigenvalue weighted by atomic mass is 16.3. The standard InChI is InChI=1S/C8H17NO/c1-6-3-2-4-7(6)8(9)5-10/h6-8,10H,2-5,9H2,1H3. The second kappa shape index (κ2) is 3.35. The molecular formula is C8H17NO. The molecule has 10 heavy (non-hydrogen) atoms. The minimum absolute atomic E-state index is 0.0255. The monoisotopic (exact) mass is 143 g/mol. The van der Waals surface area contributed by atoms with E-state index in [0.29, 0.717) is 5.92 Å². The summed E-state index contributed by atoms with van der Waals surface area (Å²) in [4.78, 5) is 0. The van der Waals surface area contributed by atoms with Crippen molar-refractivity contribution in [1.82, 2.24) is 0 Å². The van der Waals surface area contributed by atoms with Gasteiger partial charge in [-0.3, -0.25) is 0 Å². The summed E-state index contributed by atoms with van der Waals surface area (Å²) in [7, 11) is 0. The number of hydrogen-bond acceptors (Lipinski definition) is 2. The summed E-state index contributed by atoms with van der Waals surface area (Å²) in [6.45, 7) is 2.38. The summed E-state index contributed by atoms with van der Waals surface area (Å²) in [5, 5.41) is 8.79. The summed E-state index contributed by atoms with van der Waals surface area (Å²) < 4.78 is 0. The van der Waals surface area contributed by atoms with Gasteiger partial charge in [0.15, 0.2) is 0 Å². The smallest absolute Gasteiger partial charge is 0.0585 e. The lowest BCUT2D eigenvalue weighted by Gasteiger charge is -2.20. The average Bonchev–Trinajstić information content (AvgIpc) is 2.34. The number of aliphatic hydroxyl groups excluding tert-OH is 1. The second-order valence-electron chi connectivity index (χ2n) is 3.42. The van der Waals surface area contributed by atoms with Crippen LogP contribution in [0.5, 0.6) is 0 Å². The fraction of sp³-hybridized carbons (Fsp3) is 1.00. The van der Waals surface area contributed by atoms with E-state index in [0.717, 1.165) is 5.92 Å². The number of nitrogens with two attached hydrogens (primary N) is 1. The van der Waals surface area contributed by atoms with E-state index >= 15 is 0 Å². The van der Waals surface area contributed by atoms with Crippen molar-refractivity contribution in [2.24, 2.45) is 17.6 Å². The molecule has 0 aromatic heterocycles. The Kier molecular flexibility index (Phi) is 2.69. The number of aliphatic hydroxyl groups is 1. The minimum atomic E-state index is 0.0255. The van der Waals surface area contributed by atoms with Crippen molar-refractivity contribution in [3.05, 3.63) is 0 Å². The van der Waals surface area contributed by atoms with E-state index < -0.39 is 0 Å². The zero-order chi connectivity index (χ0) is 7.56. The van der Waals surface area contributed by atoms with E-state index in [2.05, 4.69) is 6.92 Å². The molecule has 3 N–H and O–H groups in total. The minimum Gasteiger partial charge on any atom is -0.395 e. The molecule has 0 radical (unpaired) electrons. The van der Waals surface area contributed by atoms with Gasteiger partial charge in [-0.1, -0.05) is 19.8 Å². The molecule has 1 aliphatic rings. The third kappa shape index (κ3) is 1.50. The molecule has 0 heterocycles. The topological polar surface area (TPSA) is 46.2 Å². The predicted octanol–water partition coefficient (Wildman–Crippen LogP) is 0.742. The van der Waals surface area contributed by atoms with Gasteiger partial charge in [0.25, 0.3) is 0 Å². The van der Waals surface area contributed by atoms with Crippen LogP contribution in [-0.2, 0) is 0 Å². The van der Waals surface area contributed by atoms with E-state index in [-0.39, 0.29) is 12.6 Å². The Balaban J connectivity index is 2.38. The van der Waals surface area contributed by atoms with Crippen LogP contribution in [0.25, 0.3) is 0 Å². The van der Waals surface area contributed by atoms with E-state index in [1.54, 1.807) is 0 Å².